The third-order valence-electron chi connectivity index (χ3n) is 3.81. The lowest BCUT2D eigenvalue weighted by Crippen LogP contribution is -2.17. The van der Waals surface area contributed by atoms with Crippen LogP contribution < -0.4 is 15.2 Å². The van der Waals surface area contributed by atoms with Crippen LogP contribution in [0.25, 0.3) is 10.4 Å². The topological polar surface area (TPSA) is 111 Å². The summed E-state index contributed by atoms with van der Waals surface area (Å²) in [5, 5.41) is 8.92. The minimum atomic E-state index is -4.04. The maximum atomic E-state index is 12.3. The SMILES string of the molecule is COc1ncc(-c2ccc(NC(=O)Cc3ccccc3Cl)cc2S(N)(=O)=O)s1. The quantitative estimate of drug-likeness (QED) is 0.614. The largest absolute Gasteiger partial charge is 0.473 e. The summed E-state index contributed by atoms with van der Waals surface area (Å²) in [5.41, 5.74) is 1.36. The number of nitrogens with zero attached hydrogens (tertiary/aromatic N) is 1. The Labute approximate surface area is 171 Å². The molecule has 0 radical (unpaired) electrons. The summed E-state index contributed by atoms with van der Waals surface area (Å²) in [6.07, 6.45) is 1.56. The third kappa shape index (κ3) is 4.68. The molecule has 10 heteroatoms. The molecule has 28 heavy (non-hydrogen) atoms. The van der Waals surface area contributed by atoms with Crippen LogP contribution in [-0.4, -0.2) is 26.4 Å². The molecule has 0 aliphatic carbocycles. The van der Waals surface area contributed by atoms with E-state index in [9.17, 15) is 13.2 Å². The fourth-order valence-electron chi connectivity index (χ4n) is 2.54. The van der Waals surface area contributed by atoms with Crippen molar-refractivity contribution in [2.24, 2.45) is 5.14 Å². The van der Waals surface area contributed by atoms with Gasteiger partial charge in [-0.2, -0.15) is 0 Å². The highest BCUT2D eigenvalue weighted by atomic mass is 35.5. The number of benzene rings is 2. The number of carbonyl (C=O) groups excluding carboxylic acids is 1. The molecule has 0 spiro atoms. The van der Waals surface area contributed by atoms with Crippen LogP contribution in [0.5, 0.6) is 5.19 Å². The summed E-state index contributed by atoms with van der Waals surface area (Å²) in [6, 6.07) is 11.5. The van der Waals surface area contributed by atoms with E-state index in [2.05, 4.69) is 10.3 Å². The van der Waals surface area contributed by atoms with Crippen molar-refractivity contribution in [3.8, 4) is 15.6 Å². The van der Waals surface area contributed by atoms with E-state index in [1.165, 1.54) is 30.7 Å². The highest BCUT2D eigenvalue weighted by molar-refractivity contribution is 7.89. The highest BCUT2D eigenvalue weighted by Gasteiger charge is 2.19. The normalized spacial score (nSPS) is 11.2. The number of amides is 1. The summed E-state index contributed by atoms with van der Waals surface area (Å²) in [4.78, 5) is 16.8. The van der Waals surface area contributed by atoms with Crippen LogP contribution in [0.1, 0.15) is 5.56 Å². The molecule has 0 unspecified atom stereocenters. The van der Waals surface area contributed by atoms with Gasteiger partial charge in [-0.25, -0.2) is 18.5 Å². The lowest BCUT2D eigenvalue weighted by atomic mass is 10.1. The minimum absolute atomic E-state index is 0.0537. The first-order chi connectivity index (χ1) is 13.3. The summed E-state index contributed by atoms with van der Waals surface area (Å²) in [5.74, 6) is -0.333. The molecule has 3 N–H and O–H groups in total. The van der Waals surface area contributed by atoms with Crippen molar-refractivity contribution in [2.75, 3.05) is 12.4 Å². The van der Waals surface area contributed by atoms with Gasteiger partial charge in [0.05, 0.1) is 23.3 Å². The molecule has 146 valence electrons. The van der Waals surface area contributed by atoms with Gasteiger partial charge < -0.3 is 10.1 Å². The number of nitrogens with one attached hydrogen (secondary N) is 1. The van der Waals surface area contributed by atoms with Crippen molar-refractivity contribution < 1.29 is 17.9 Å². The number of methoxy groups -OCH3 is 1. The van der Waals surface area contributed by atoms with Crippen LogP contribution >= 0.6 is 22.9 Å². The van der Waals surface area contributed by atoms with Crippen molar-refractivity contribution in [3.63, 3.8) is 0 Å². The van der Waals surface area contributed by atoms with Crippen molar-refractivity contribution in [3.05, 3.63) is 59.2 Å². The number of sulfonamides is 1. The molecule has 0 aliphatic heterocycles. The molecule has 2 aromatic carbocycles. The van der Waals surface area contributed by atoms with Crippen LogP contribution in [-0.2, 0) is 21.2 Å². The molecule has 3 aromatic rings. The summed E-state index contributed by atoms with van der Waals surface area (Å²) >= 11 is 7.25. The maximum absolute atomic E-state index is 12.3. The first-order valence-electron chi connectivity index (χ1n) is 7.98. The van der Waals surface area contributed by atoms with Crippen molar-refractivity contribution in [2.45, 2.75) is 11.3 Å². The minimum Gasteiger partial charge on any atom is -0.473 e. The molecule has 0 aliphatic rings. The Morgan fingerprint density at radius 2 is 2.04 bits per heavy atom. The van der Waals surface area contributed by atoms with E-state index in [-0.39, 0.29) is 17.2 Å². The van der Waals surface area contributed by atoms with E-state index in [4.69, 9.17) is 21.5 Å². The second-order valence-electron chi connectivity index (χ2n) is 5.77. The van der Waals surface area contributed by atoms with Gasteiger partial charge in [-0.05, 0) is 23.8 Å². The van der Waals surface area contributed by atoms with Crippen molar-refractivity contribution >= 4 is 44.6 Å². The van der Waals surface area contributed by atoms with Crippen LogP contribution in [0.15, 0.2) is 53.6 Å². The van der Waals surface area contributed by atoms with Gasteiger partial charge in [0, 0.05) is 22.5 Å². The first kappa shape index (κ1) is 20.3. The molecule has 7 nitrogen and oxygen atoms in total. The summed E-state index contributed by atoms with van der Waals surface area (Å²) in [6.45, 7) is 0. The molecular weight excluding hydrogens is 422 g/mol. The molecule has 1 heterocycles. The fraction of sp³-hybridized carbons (Fsp3) is 0.111. The number of halogens is 1. The summed E-state index contributed by atoms with van der Waals surface area (Å²) < 4.78 is 29.2. The van der Waals surface area contributed by atoms with Gasteiger partial charge in [-0.15, -0.1) is 0 Å². The van der Waals surface area contributed by atoms with E-state index in [1.54, 1.807) is 36.4 Å². The van der Waals surface area contributed by atoms with Crippen molar-refractivity contribution in [1.29, 1.82) is 0 Å². The Morgan fingerprint density at radius 1 is 1.29 bits per heavy atom. The zero-order valence-corrected chi connectivity index (χ0v) is 17.1. The molecule has 0 atom stereocenters. The number of primary sulfonamides is 1. The number of carbonyl (C=O) groups is 1. The number of rotatable bonds is 6. The molecule has 0 bridgehead atoms. The van der Waals surface area contributed by atoms with Gasteiger partial charge >= 0.3 is 0 Å². The van der Waals surface area contributed by atoms with Crippen molar-refractivity contribution in [1.82, 2.24) is 4.98 Å². The average Bonchev–Trinajstić information content (AvgIpc) is 3.12. The molecule has 1 amide bonds. The molecule has 0 fully saturated rings. The zero-order chi connectivity index (χ0) is 20.3. The Kier molecular flexibility index (Phi) is 5.99. The van der Waals surface area contributed by atoms with Gasteiger partial charge in [-0.3, -0.25) is 4.79 Å². The number of hydrogen-bond donors (Lipinski definition) is 2. The standard InChI is InChI=1S/C18H16ClN3O4S2/c1-26-18-21-10-15(27-18)13-7-6-12(9-16(13)28(20,24)25)22-17(23)8-11-4-2-3-5-14(11)19/h2-7,9-10H,8H2,1H3,(H,22,23)(H2,20,24,25). The number of hydrogen-bond acceptors (Lipinski definition) is 6. The molecule has 1 aromatic heterocycles. The van der Waals surface area contributed by atoms with Gasteiger partial charge in [0.15, 0.2) is 0 Å². The number of aromatic nitrogens is 1. The van der Waals surface area contributed by atoms with E-state index in [0.29, 0.717) is 31.9 Å². The van der Waals surface area contributed by atoms with Gasteiger partial charge in [-0.1, -0.05) is 47.2 Å². The lowest BCUT2D eigenvalue weighted by molar-refractivity contribution is -0.115. The first-order valence-corrected chi connectivity index (χ1v) is 10.7. The molecule has 3 rings (SSSR count). The van der Waals surface area contributed by atoms with Crippen LogP contribution in [0.4, 0.5) is 5.69 Å². The zero-order valence-electron chi connectivity index (χ0n) is 14.7. The monoisotopic (exact) mass is 437 g/mol. The van der Waals surface area contributed by atoms with E-state index in [0.717, 1.165) is 0 Å². The second-order valence-corrected chi connectivity index (χ2v) is 8.70. The molecular formula is C18H16ClN3O4S2. The van der Waals surface area contributed by atoms with Crippen LogP contribution in [0.2, 0.25) is 5.02 Å². The predicted molar refractivity (Wildman–Crippen MR) is 109 cm³/mol. The van der Waals surface area contributed by atoms with Gasteiger partial charge in [0.1, 0.15) is 0 Å². The van der Waals surface area contributed by atoms with Gasteiger partial charge in [0.2, 0.25) is 15.9 Å². The fourth-order valence-corrected chi connectivity index (χ4v) is 4.35. The third-order valence-corrected chi connectivity index (χ3v) is 6.12. The Bertz CT molecular complexity index is 1130. The Balaban J connectivity index is 1.89. The van der Waals surface area contributed by atoms with E-state index < -0.39 is 10.0 Å². The smallest absolute Gasteiger partial charge is 0.273 e. The molecule has 0 saturated carbocycles. The number of ether oxygens (including phenoxy) is 1. The average molecular weight is 438 g/mol. The Morgan fingerprint density at radius 3 is 2.68 bits per heavy atom. The number of anilines is 1. The van der Waals surface area contributed by atoms with Crippen LogP contribution in [0.3, 0.4) is 0 Å². The Hall–Kier alpha value is -2.46. The number of nitrogens with two attached hydrogens (primary N) is 1. The number of thiazole rings is 1. The lowest BCUT2D eigenvalue weighted by Gasteiger charge is -2.11. The maximum Gasteiger partial charge on any atom is 0.273 e. The molecule has 0 saturated heterocycles. The second kappa shape index (κ2) is 8.27. The summed E-state index contributed by atoms with van der Waals surface area (Å²) in [7, 11) is -2.56. The predicted octanol–water partition coefficient (Wildman–Crippen LogP) is 3.30. The van der Waals surface area contributed by atoms with E-state index >= 15 is 0 Å². The van der Waals surface area contributed by atoms with Gasteiger partial charge in [0.25, 0.3) is 5.19 Å². The highest BCUT2D eigenvalue weighted by Crippen LogP contribution is 2.35. The van der Waals surface area contributed by atoms with Crippen LogP contribution in [0, 0.1) is 0 Å². The van der Waals surface area contributed by atoms with E-state index in [1.807, 2.05) is 0 Å².